The zero-order valence-electron chi connectivity index (χ0n) is 9.04. The van der Waals surface area contributed by atoms with Crippen molar-refractivity contribution in [3.8, 4) is 0 Å². The quantitative estimate of drug-likeness (QED) is 0.716. The second-order valence-corrected chi connectivity index (χ2v) is 5.45. The maximum absolute atomic E-state index is 3.65. The molecule has 1 N–H and O–H groups in total. The average Bonchev–Trinajstić information content (AvgIpc) is 2.97. The van der Waals surface area contributed by atoms with E-state index in [0.29, 0.717) is 0 Å². The van der Waals surface area contributed by atoms with Gasteiger partial charge in [-0.05, 0) is 50.6 Å². The maximum atomic E-state index is 3.65. The predicted octanol–water partition coefficient (Wildman–Crippen LogP) is 1.47. The molecule has 2 unspecified atom stereocenters. The van der Waals surface area contributed by atoms with Gasteiger partial charge in [0.05, 0.1) is 0 Å². The molecule has 80 valence electrons. The van der Waals surface area contributed by atoms with Crippen molar-refractivity contribution in [3.63, 3.8) is 0 Å². The van der Waals surface area contributed by atoms with Crippen LogP contribution in [0.1, 0.15) is 32.1 Å². The zero-order valence-corrected chi connectivity index (χ0v) is 9.04. The molecule has 2 saturated heterocycles. The summed E-state index contributed by atoms with van der Waals surface area (Å²) in [5, 5.41) is 3.65. The van der Waals surface area contributed by atoms with Gasteiger partial charge in [0, 0.05) is 19.1 Å². The molecule has 0 aromatic heterocycles. The number of fused-ring (bicyclic) bond motifs is 1. The molecular formula is C12H22N2. The minimum Gasteiger partial charge on any atom is -0.313 e. The second-order valence-electron chi connectivity index (χ2n) is 5.45. The number of hydrogen-bond donors (Lipinski definition) is 1. The lowest BCUT2D eigenvalue weighted by atomic mass is 10.0. The Hall–Kier alpha value is -0.0800. The molecule has 2 heteroatoms. The lowest BCUT2D eigenvalue weighted by Gasteiger charge is -2.32. The van der Waals surface area contributed by atoms with Crippen molar-refractivity contribution < 1.29 is 0 Å². The summed E-state index contributed by atoms with van der Waals surface area (Å²) in [5.41, 5.74) is 0. The van der Waals surface area contributed by atoms with E-state index < -0.39 is 0 Å². The average molecular weight is 194 g/mol. The molecule has 0 aromatic rings. The van der Waals surface area contributed by atoms with E-state index in [9.17, 15) is 0 Å². The van der Waals surface area contributed by atoms with Crippen molar-refractivity contribution in [2.45, 2.75) is 38.1 Å². The molecule has 0 amide bonds. The molecule has 1 saturated carbocycles. The molecule has 0 radical (unpaired) electrons. The van der Waals surface area contributed by atoms with Gasteiger partial charge in [-0.3, -0.25) is 0 Å². The van der Waals surface area contributed by atoms with Gasteiger partial charge in [0.2, 0.25) is 0 Å². The fourth-order valence-electron chi connectivity index (χ4n) is 3.22. The Morgan fingerprint density at radius 2 is 2.14 bits per heavy atom. The molecule has 2 heterocycles. The smallest absolute Gasteiger partial charge is 0.0195 e. The Morgan fingerprint density at radius 3 is 2.93 bits per heavy atom. The Bertz CT molecular complexity index is 198. The third kappa shape index (κ3) is 1.96. The summed E-state index contributed by atoms with van der Waals surface area (Å²) in [6, 6.07) is 0.805. The molecule has 0 bridgehead atoms. The molecular weight excluding hydrogens is 172 g/mol. The van der Waals surface area contributed by atoms with E-state index in [1.165, 1.54) is 58.3 Å². The van der Waals surface area contributed by atoms with Crippen LogP contribution in [0.15, 0.2) is 0 Å². The molecule has 0 aromatic carbocycles. The molecule has 14 heavy (non-hydrogen) atoms. The fraction of sp³-hybridized carbons (Fsp3) is 1.00. The van der Waals surface area contributed by atoms with Gasteiger partial charge in [-0.15, -0.1) is 0 Å². The summed E-state index contributed by atoms with van der Waals surface area (Å²) in [6.07, 6.45) is 7.26. The summed E-state index contributed by atoms with van der Waals surface area (Å²) in [5.74, 6) is 2.22. The van der Waals surface area contributed by atoms with Gasteiger partial charge in [0.25, 0.3) is 0 Å². The number of rotatable bonds is 2. The first-order valence-electron chi connectivity index (χ1n) is 6.37. The predicted molar refractivity (Wildman–Crippen MR) is 58.3 cm³/mol. The monoisotopic (exact) mass is 194 g/mol. The van der Waals surface area contributed by atoms with E-state index in [1.807, 2.05) is 0 Å². The number of nitrogens with one attached hydrogen (secondary N) is 1. The first-order valence-corrected chi connectivity index (χ1v) is 6.37. The molecule has 3 fully saturated rings. The highest BCUT2D eigenvalue weighted by Gasteiger charge is 2.41. The van der Waals surface area contributed by atoms with Crippen LogP contribution in [-0.4, -0.2) is 37.1 Å². The van der Waals surface area contributed by atoms with Crippen molar-refractivity contribution in [2.75, 3.05) is 26.2 Å². The number of nitrogens with zero attached hydrogens (tertiary/aromatic N) is 1. The van der Waals surface area contributed by atoms with Crippen molar-refractivity contribution in [2.24, 2.45) is 11.8 Å². The number of piperidine rings is 2. The minimum atomic E-state index is 0.805. The highest BCUT2D eigenvalue weighted by molar-refractivity contribution is 4.93. The van der Waals surface area contributed by atoms with Gasteiger partial charge in [-0.1, -0.05) is 6.42 Å². The van der Waals surface area contributed by atoms with Gasteiger partial charge in [0.1, 0.15) is 0 Å². The van der Waals surface area contributed by atoms with Crippen molar-refractivity contribution in [1.29, 1.82) is 0 Å². The van der Waals surface area contributed by atoms with Gasteiger partial charge in [-0.2, -0.15) is 0 Å². The van der Waals surface area contributed by atoms with Crippen LogP contribution in [0.5, 0.6) is 0 Å². The summed E-state index contributed by atoms with van der Waals surface area (Å²) >= 11 is 0. The standard InChI is InChI=1S/C12H22N2/c1-2-5-13-12(3-1)9-14-6-4-10-7-11(10)8-14/h10-13H,1-9H2/t10?,11?,12-/m0/s1. The third-order valence-electron chi connectivity index (χ3n) is 4.27. The Morgan fingerprint density at radius 1 is 1.14 bits per heavy atom. The highest BCUT2D eigenvalue weighted by atomic mass is 15.2. The van der Waals surface area contributed by atoms with E-state index >= 15 is 0 Å². The summed E-state index contributed by atoms with van der Waals surface area (Å²) in [6.45, 7) is 5.36. The third-order valence-corrected chi connectivity index (χ3v) is 4.27. The van der Waals surface area contributed by atoms with E-state index in [-0.39, 0.29) is 0 Å². The van der Waals surface area contributed by atoms with E-state index in [1.54, 1.807) is 0 Å². The van der Waals surface area contributed by atoms with E-state index in [2.05, 4.69) is 10.2 Å². The lowest BCUT2D eigenvalue weighted by molar-refractivity contribution is 0.186. The first-order chi connectivity index (χ1) is 6.92. The van der Waals surface area contributed by atoms with E-state index in [0.717, 1.165) is 17.9 Å². The molecule has 3 aliphatic rings. The van der Waals surface area contributed by atoms with Crippen LogP contribution in [0.4, 0.5) is 0 Å². The summed E-state index contributed by atoms with van der Waals surface area (Å²) in [7, 11) is 0. The summed E-state index contributed by atoms with van der Waals surface area (Å²) < 4.78 is 0. The van der Waals surface area contributed by atoms with Gasteiger partial charge >= 0.3 is 0 Å². The molecule has 2 aliphatic heterocycles. The van der Waals surface area contributed by atoms with Crippen LogP contribution in [0.3, 0.4) is 0 Å². The van der Waals surface area contributed by atoms with Gasteiger partial charge in [0.15, 0.2) is 0 Å². The normalized spacial score (nSPS) is 43.3. The molecule has 3 atom stereocenters. The first kappa shape index (κ1) is 9.17. The maximum Gasteiger partial charge on any atom is 0.0195 e. The zero-order chi connectivity index (χ0) is 9.38. The van der Waals surface area contributed by atoms with Crippen molar-refractivity contribution in [1.82, 2.24) is 10.2 Å². The van der Waals surface area contributed by atoms with Crippen molar-refractivity contribution >= 4 is 0 Å². The molecule has 2 nitrogen and oxygen atoms in total. The van der Waals surface area contributed by atoms with Crippen LogP contribution in [-0.2, 0) is 0 Å². The lowest BCUT2D eigenvalue weighted by Crippen LogP contribution is -2.45. The van der Waals surface area contributed by atoms with Crippen molar-refractivity contribution in [3.05, 3.63) is 0 Å². The fourth-order valence-corrected chi connectivity index (χ4v) is 3.22. The van der Waals surface area contributed by atoms with E-state index in [4.69, 9.17) is 0 Å². The molecule has 1 aliphatic carbocycles. The largest absolute Gasteiger partial charge is 0.313 e. The highest BCUT2D eigenvalue weighted by Crippen LogP contribution is 2.44. The molecule has 0 spiro atoms. The second kappa shape index (κ2) is 3.82. The van der Waals surface area contributed by atoms with Crippen LogP contribution in [0, 0.1) is 11.8 Å². The SMILES string of the molecule is C1CC[C@@H](CN2CCC3CC3C2)NC1. The van der Waals surface area contributed by atoms with Gasteiger partial charge < -0.3 is 10.2 Å². The van der Waals surface area contributed by atoms with Crippen LogP contribution >= 0.6 is 0 Å². The van der Waals surface area contributed by atoms with Crippen LogP contribution in [0.25, 0.3) is 0 Å². The Kier molecular flexibility index (Phi) is 2.50. The molecule has 3 rings (SSSR count). The number of likely N-dealkylation sites (tertiary alicyclic amines) is 1. The number of hydrogen-bond acceptors (Lipinski definition) is 2. The Balaban J connectivity index is 1.46. The van der Waals surface area contributed by atoms with Gasteiger partial charge in [-0.25, -0.2) is 0 Å². The summed E-state index contributed by atoms with van der Waals surface area (Å²) in [4.78, 5) is 2.71. The van der Waals surface area contributed by atoms with Crippen LogP contribution in [0.2, 0.25) is 0 Å². The minimum absolute atomic E-state index is 0.805. The Labute approximate surface area is 87.0 Å². The van der Waals surface area contributed by atoms with Crippen LogP contribution < -0.4 is 5.32 Å². The topological polar surface area (TPSA) is 15.3 Å².